The summed E-state index contributed by atoms with van der Waals surface area (Å²) >= 11 is 0. The van der Waals surface area contributed by atoms with Crippen molar-refractivity contribution in [2.24, 2.45) is 5.73 Å². The Labute approximate surface area is 136 Å². The number of carbonyl (C=O) groups is 2. The molecule has 1 aromatic carbocycles. The number of rotatable bonds is 5. The first kappa shape index (κ1) is 17.2. The predicted molar refractivity (Wildman–Crippen MR) is 79.9 cm³/mol. The van der Waals surface area contributed by atoms with Gasteiger partial charge in [-0.15, -0.1) is 0 Å². The highest BCUT2D eigenvalue weighted by atomic mass is 19.1. The van der Waals surface area contributed by atoms with E-state index in [9.17, 15) is 19.1 Å². The zero-order valence-corrected chi connectivity index (χ0v) is 12.4. The molecule has 0 aliphatic carbocycles. The average molecular weight is 335 g/mol. The van der Waals surface area contributed by atoms with Crippen molar-refractivity contribution in [2.45, 2.75) is 6.61 Å². The van der Waals surface area contributed by atoms with Gasteiger partial charge in [0.1, 0.15) is 12.4 Å². The smallest absolute Gasteiger partial charge is 0.420 e. The molecule has 0 bridgehead atoms. The largest absolute Gasteiger partial charge is 0.503 e. The number of hydrogen-bond donors (Lipinski definition) is 3. The Kier molecular flexibility index (Phi) is 5.63. The summed E-state index contributed by atoms with van der Waals surface area (Å²) in [7, 11) is 0. The minimum atomic E-state index is -1.14. The lowest BCUT2D eigenvalue weighted by Gasteiger charge is -2.09. The van der Waals surface area contributed by atoms with Gasteiger partial charge in [-0.25, -0.2) is 9.18 Å². The zero-order chi connectivity index (χ0) is 17.5. The summed E-state index contributed by atoms with van der Waals surface area (Å²) in [6.45, 7) is -0.301. The molecule has 8 nitrogen and oxygen atoms in total. The first-order valence-electron chi connectivity index (χ1n) is 6.77. The number of pyridine rings is 1. The number of hydrogen-bond acceptors (Lipinski definition) is 7. The van der Waals surface area contributed by atoms with Crippen LogP contribution in [0.2, 0.25) is 0 Å². The van der Waals surface area contributed by atoms with Gasteiger partial charge in [0, 0.05) is 6.07 Å². The maximum Gasteiger partial charge on any atom is 0.420 e. The van der Waals surface area contributed by atoms with Crippen molar-refractivity contribution < 1.29 is 28.6 Å². The monoisotopic (exact) mass is 335 g/mol. The fourth-order valence-corrected chi connectivity index (χ4v) is 1.59. The molecule has 0 saturated heterocycles. The van der Waals surface area contributed by atoms with Gasteiger partial charge in [0.2, 0.25) is 11.8 Å². The summed E-state index contributed by atoms with van der Waals surface area (Å²) in [6, 6.07) is 8.22. The van der Waals surface area contributed by atoms with Gasteiger partial charge >= 0.3 is 6.09 Å². The summed E-state index contributed by atoms with van der Waals surface area (Å²) in [5.74, 6) is -1.91. The summed E-state index contributed by atoms with van der Waals surface area (Å²) in [5, 5.41) is 11.5. The normalized spacial score (nSPS) is 10.1. The Hall–Kier alpha value is -3.20. The van der Waals surface area contributed by atoms with Crippen LogP contribution in [0.15, 0.2) is 36.4 Å². The fraction of sp³-hybridized carbons (Fsp3) is 0.133. The third kappa shape index (κ3) is 4.92. The second-order valence-electron chi connectivity index (χ2n) is 4.53. The summed E-state index contributed by atoms with van der Waals surface area (Å²) in [4.78, 5) is 26.2. The minimum Gasteiger partial charge on any atom is -0.503 e. The molecule has 2 aromatic rings. The van der Waals surface area contributed by atoms with E-state index in [1.54, 1.807) is 12.1 Å². The molecule has 0 aliphatic rings. The lowest BCUT2D eigenvalue weighted by Crippen LogP contribution is -2.37. The molecule has 0 saturated carbocycles. The number of aromatic nitrogens is 1. The predicted octanol–water partition coefficient (Wildman–Crippen LogP) is 1.08. The second-order valence-corrected chi connectivity index (χ2v) is 4.53. The molecule has 0 aliphatic heterocycles. The van der Waals surface area contributed by atoms with Gasteiger partial charge in [-0.2, -0.15) is 4.98 Å². The second kappa shape index (κ2) is 7.88. The molecular weight excluding hydrogens is 321 g/mol. The van der Waals surface area contributed by atoms with Gasteiger partial charge < -0.3 is 20.3 Å². The number of nitrogens with zero attached hydrogens (tertiary/aromatic N) is 1. The van der Waals surface area contributed by atoms with Gasteiger partial charge in [0.05, 0.1) is 6.54 Å². The molecular formula is C15H14FN3O5. The van der Waals surface area contributed by atoms with Crippen LogP contribution in [0, 0.1) is 5.82 Å². The molecule has 2 amide bonds. The van der Waals surface area contributed by atoms with Crippen LogP contribution in [0.1, 0.15) is 5.56 Å². The Balaban J connectivity index is 2.00. The quantitative estimate of drug-likeness (QED) is 0.747. The molecule has 1 heterocycles. The Morgan fingerprint density at radius 3 is 2.58 bits per heavy atom. The number of halogens is 1. The molecule has 0 fully saturated rings. The number of benzene rings is 1. The van der Waals surface area contributed by atoms with Crippen LogP contribution in [0.5, 0.6) is 17.5 Å². The Bertz CT molecular complexity index is 736. The van der Waals surface area contributed by atoms with E-state index in [0.717, 1.165) is 0 Å². The minimum absolute atomic E-state index is 0.0603. The Morgan fingerprint density at radius 2 is 1.92 bits per heavy atom. The van der Waals surface area contributed by atoms with Crippen LogP contribution < -0.4 is 20.5 Å². The number of nitrogens with one attached hydrogen (secondary N) is 1. The van der Waals surface area contributed by atoms with E-state index >= 15 is 0 Å². The summed E-state index contributed by atoms with van der Waals surface area (Å²) in [5.41, 5.74) is 5.74. The summed E-state index contributed by atoms with van der Waals surface area (Å²) < 4.78 is 22.9. The van der Waals surface area contributed by atoms with Crippen LogP contribution in [0.25, 0.3) is 0 Å². The average Bonchev–Trinajstić information content (AvgIpc) is 2.56. The highest BCUT2D eigenvalue weighted by Crippen LogP contribution is 2.26. The molecule has 24 heavy (non-hydrogen) atoms. The van der Waals surface area contributed by atoms with Crippen molar-refractivity contribution in [3.8, 4) is 17.5 Å². The first-order chi connectivity index (χ1) is 11.5. The van der Waals surface area contributed by atoms with E-state index in [2.05, 4.69) is 4.98 Å². The van der Waals surface area contributed by atoms with Gasteiger partial charge in [-0.05, 0) is 23.8 Å². The van der Waals surface area contributed by atoms with Gasteiger partial charge in [-0.3, -0.25) is 10.1 Å². The van der Waals surface area contributed by atoms with E-state index in [1.165, 1.54) is 24.3 Å². The van der Waals surface area contributed by atoms with Crippen molar-refractivity contribution in [3.63, 3.8) is 0 Å². The molecule has 0 atom stereocenters. The van der Waals surface area contributed by atoms with Crippen molar-refractivity contribution >= 4 is 12.0 Å². The molecule has 0 spiro atoms. The first-order valence-corrected chi connectivity index (χ1v) is 6.77. The van der Waals surface area contributed by atoms with Gasteiger partial charge in [0.25, 0.3) is 5.88 Å². The number of carbonyl (C=O) groups excluding carboxylic acids is 2. The highest BCUT2D eigenvalue weighted by Gasteiger charge is 2.14. The van der Waals surface area contributed by atoms with Crippen molar-refractivity contribution in [3.05, 3.63) is 47.8 Å². The van der Waals surface area contributed by atoms with Gasteiger partial charge in [0.15, 0.2) is 5.75 Å². The number of amides is 2. The molecule has 9 heteroatoms. The van der Waals surface area contributed by atoms with E-state index in [0.29, 0.717) is 5.56 Å². The maximum atomic E-state index is 12.8. The van der Waals surface area contributed by atoms with Crippen LogP contribution in [0.3, 0.4) is 0 Å². The van der Waals surface area contributed by atoms with E-state index in [-0.39, 0.29) is 18.3 Å². The van der Waals surface area contributed by atoms with Gasteiger partial charge in [-0.1, -0.05) is 12.1 Å². The number of nitrogens with two attached hydrogens (primary N) is 1. The van der Waals surface area contributed by atoms with Crippen LogP contribution in [-0.2, 0) is 11.4 Å². The molecule has 0 radical (unpaired) electrons. The standard InChI is InChI=1S/C15H14FN3O5/c16-10-3-1-9(2-4-10)8-23-13-6-5-11(20)14(19-13)24-15(22)18-12(21)7-17/h1-6,20H,7-8,17H2,(H,18,21,22). The molecule has 1 aromatic heterocycles. The van der Waals surface area contributed by atoms with Crippen LogP contribution >= 0.6 is 0 Å². The molecule has 0 unspecified atom stereocenters. The van der Waals surface area contributed by atoms with E-state index in [1.807, 2.05) is 5.32 Å². The zero-order valence-electron chi connectivity index (χ0n) is 12.4. The lowest BCUT2D eigenvalue weighted by atomic mass is 10.2. The van der Waals surface area contributed by atoms with Crippen LogP contribution in [-0.4, -0.2) is 28.6 Å². The molecule has 2 rings (SSSR count). The lowest BCUT2D eigenvalue weighted by molar-refractivity contribution is -0.118. The van der Waals surface area contributed by atoms with Crippen molar-refractivity contribution in [1.29, 1.82) is 0 Å². The number of aromatic hydroxyl groups is 1. The number of imide groups is 1. The maximum absolute atomic E-state index is 12.8. The van der Waals surface area contributed by atoms with Crippen LogP contribution in [0.4, 0.5) is 9.18 Å². The highest BCUT2D eigenvalue weighted by molar-refractivity contribution is 5.93. The fourth-order valence-electron chi connectivity index (χ4n) is 1.59. The van der Waals surface area contributed by atoms with E-state index in [4.69, 9.17) is 15.2 Å². The van der Waals surface area contributed by atoms with E-state index < -0.39 is 30.2 Å². The number of ether oxygens (including phenoxy) is 2. The molecule has 4 N–H and O–H groups in total. The topological polar surface area (TPSA) is 124 Å². The SMILES string of the molecule is NCC(=O)NC(=O)Oc1nc(OCc2ccc(F)cc2)ccc1O. The third-order valence-corrected chi connectivity index (χ3v) is 2.73. The van der Waals surface area contributed by atoms with Crippen molar-refractivity contribution in [2.75, 3.05) is 6.54 Å². The third-order valence-electron chi connectivity index (χ3n) is 2.73. The molecule has 126 valence electrons. The van der Waals surface area contributed by atoms with Crippen molar-refractivity contribution in [1.82, 2.24) is 10.3 Å². The summed E-state index contributed by atoms with van der Waals surface area (Å²) in [6.07, 6.45) is -1.14. The Morgan fingerprint density at radius 1 is 1.21 bits per heavy atom.